The van der Waals surface area contributed by atoms with Crippen LogP contribution in [0.2, 0.25) is 0 Å². The van der Waals surface area contributed by atoms with Gasteiger partial charge < -0.3 is 15.7 Å². The van der Waals surface area contributed by atoms with Gasteiger partial charge in [0.1, 0.15) is 0 Å². The van der Waals surface area contributed by atoms with E-state index >= 15 is 0 Å². The maximum Gasteiger partial charge on any atom is 0.269 e. The monoisotopic (exact) mass is 447 g/mol. The van der Waals surface area contributed by atoms with Crippen molar-refractivity contribution in [2.24, 2.45) is 16.8 Å². The first-order chi connectivity index (χ1) is 16.0. The first kappa shape index (κ1) is 23.2. The van der Waals surface area contributed by atoms with Crippen LogP contribution in [0.3, 0.4) is 0 Å². The summed E-state index contributed by atoms with van der Waals surface area (Å²) in [5, 5.41) is 16.5. The Morgan fingerprint density at radius 3 is 2.67 bits per heavy atom. The van der Waals surface area contributed by atoms with Gasteiger partial charge in [0, 0.05) is 11.1 Å². The van der Waals surface area contributed by atoms with E-state index in [0.717, 1.165) is 42.4 Å². The van der Waals surface area contributed by atoms with Crippen molar-refractivity contribution in [3.8, 4) is 0 Å². The van der Waals surface area contributed by atoms with E-state index in [1.165, 1.54) is 0 Å². The number of carbonyl (C=O) groups excluding carboxylic acids is 2. The molecule has 1 saturated carbocycles. The Bertz CT molecular complexity index is 1030. The number of unbranched alkanes of at least 4 members (excludes halogenated alkanes) is 1. The summed E-state index contributed by atoms with van der Waals surface area (Å²) < 4.78 is 0. The number of aliphatic hydroxyl groups is 1. The van der Waals surface area contributed by atoms with Gasteiger partial charge in [-0.15, -0.1) is 0 Å². The fourth-order valence-electron chi connectivity index (χ4n) is 4.35. The van der Waals surface area contributed by atoms with Gasteiger partial charge in [-0.2, -0.15) is 0 Å². The fourth-order valence-corrected chi connectivity index (χ4v) is 4.35. The number of hydrogen-bond donors (Lipinski definition) is 3. The largest absolute Gasteiger partial charge is 0.392 e. The number of rotatable bonds is 9. The molecule has 0 spiro atoms. The van der Waals surface area contributed by atoms with Crippen LogP contribution in [0.5, 0.6) is 0 Å². The van der Waals surface area contributed by atoms with Crippen LogP contribution in [0, 0.1) is 18.8 Å². The molecule has 3 N–H and O–H groups in total. The summed E-state index contributed by atoms with van der Waals surface area (Å²) >= 11 is 0. The summed E-state index contributed by atoms with van der Waals surface area (Å²) in [7, 11) is 0. The van der Waals surface area contributed by atoms with Crippen molar-refractivity contribution in [3.63, 3.8) is 0 Å². The van der Waals surface area contributed by atoms with Crippen LogP contribution in [-0.4, -0.2) is 34.9 Å². The molecule has 0 saturated heterocycles. The summed E-state index contributed by atoms with van der Waals surface area (Å²) in [6.45, 7) is 4.06. The standard InChI is InChI=1S/C27H33N3O3/c1-3-4-10-23(31)21(16-18-12-13-18)26(32)30-25-27(33)28-22-14-11-17(2)15-20(22)24(29-25)19-8-6-5-7-9-19/h5-9,11,14-15,18,21,23,25,31H,3-4,10,12-13,16H2,1-2H3,(H,28,33)(H,30,32)/t21?,23?,25-/m1/s1. The SMILES string of the molecule is CCCCC(O)C(CC1CC1)C(=O)N[C@H]1N=C(c2ccccc2)c2cc(C)ccc2NC1=O. The first-order valence-electron chi connectivity index (χ1n) is 12.0. The molecule has 2 unspecified atom stereocenters. The van der Waals surface area contributed by atoms with Crippen molar-refractivity contribution in [3.05, 3.63) is 65.2 Å². The van der Waals surface area contributed by atoms with Crippen LogP contribution in [0.4, 0.5) is 5.69 Å². The molecule has 1 aliphatic carbocycles. The molecule has 0 bridgehead atoms. The molecule has 0 radical (unpaired) electrons. The number of aliphatic hydroxyl groups excluding tert-OH is 1. The summed E-state index contributed by atoms with van der Waals surface area (Å²) in [4.78, 5) is 31.1. The third kappa shape index (κ3) is 5.69. The Balaban J connectivity index is 1.64. The lowest BCUT2D eigenvalue weighted by Gasteiger charge is -2.24. The lowest BCUT2D eigenvalue weighted by atomic mass is 9.91. The van der Waals surface area contributed by atoms with E-state index in [1.54, 1.807) is 0 Å². The van der Waals surface area contributed by atoms with E-state index in [2.05, 4.69) is 17.6 Å². The predicted molar refractivity (Wildman–Crippen MR) is 130 cm³/mol. The number of fused-ring (bicyclic) bond motifs is 1. The maximum absolute atomic E-state index is 13.3. The second-order valence-corrected chi connectivity index (χ2v) is 9.29. The topological polar surface area (TPSA) is 90.8 Å². The third-order valence-electron chi connectivity index (χ3n) is 6.46. The molecular weight excluding hydrogens is 414 g/mol. The average molecular weight is 448 g/mol. The van der Waals surface area contributed by atoms with Gasteiger partial charge in [0.15, 0.2) is 0 Å². The molecule has 4 rings (SSSR count). The van der Waals surface area contributed by atoms with Gasteiger partial charge in [0.05, 0.1) is 23.4 Å². The number of anilines is 1. The van der Waals surface area contributed by atoms with Crippen LogP contribution in [-0.2, 0) is 9.59 Å². The Morgan fingerprint density at radius 2 is 1.97 bits per heavy atom. The molecule has 1 heterocycles. The number of aryl methyl sites for hydroxylation is 1. The Labute approximate surface area is 195 Å². The molecule has 6 nitrogen and oxygen atoms in total. The van der Waals surface area contributed by atoms with Crippen molar-refractivity contribution < 1.29 is 14.7 Å². The van der Waals surface area contributed by atoms with Gasteiger partial charge in [-0.25, -0.2) is 4.99 Å². The summed E-state index contributed by atoms with van der Waals surface area (Å²) in [6.07, 6.45) is 3.48. The number of carbonyl (C=O) groups is 2. The zero-order chi connectivity index (χ0) is 23.4. The number of aliphatic imine (C=N–C) groups is 1. The van der Waals surface area contributed by atoms with E-state index in [0.29, 0.717) is 30.2 Å². The number of hydrogen-bond acceptors (Lipinski definition) is 4. The molecule has 2 aromatic carbocycles. The second-order valence-electron chi connectivity index (χ2n) is 9.29. The highest BCUT2D eigenvalue weighted by atomic mass is 16.3. The smallest absolute Gasteiger partial charge is 0.269 e. The summed E-state index contributed by atoms with van der Waals surface area (Å²) in [5.74, 6) is -0.729. The number of amides is 2. The Morgan fingerprint density at radius 1 is 1.21 bits per heavy atom. The number of nitrogens with one attached hydrogen (secondary N) is 2. The zero-order valence-electron chi connectivity index (χ0n) is 19.4. The lowest BCUT2D eigenvalue weighted by molar-refractivity contribution is -0.132. The van der Waals surface area contributed by atoms with Crippen LogP contribution in [0.25, 0.3) is 0 Å². The van der Waals surface area contributed by atoms with Crippen LogP contribution >= 0.6 is 0 Å². The molecule has 3 atom stereocenters. The van der Waals surface area contributed by atoms with Gasteiger partial charge in [-0.3, -0.25) is 9.59 Å². The molecule has 6 heteroatoms. The Hall–Kier alpha value is -2.99. The molecule has 33 heavy (non-hydrogen) atoms. The minimum Gasteiger partial charge on any atom is -0.392 e. The molecule has 2 aromatic rings. The minimum atomic E-state index is -1.07. The molecule has 2 aliphatic rings. The quantitative estimate of drug-likeness (QED) is 0.538. The van der Waals surface area contributed by atoms with Gasteiger partial charge in [-0.1, -0.05) is 74.6 Å². The fraction of sp³-hybridized carbons (Fsp3) is 0.444. The van der Waals surface area contributed by atoms with E-state index in [1.807, 2.05) is 55.5 Å². The molecule has 0 aromatic heterocycles. The van der Waals surface area contributed by atoms with Gasteiger partial charge in [0.25, 0.3) is 5.91 Å². The highest BCUT2D eigenvalue weighted by Gasteiger charge is 2.36. The summed E-state index contributed by atoms with van der Waals surface area (Å²) in [5.41, 5.74) is 4.07. The van der Waals surface area contributed by atoms with Crippen molar-refractivity contribution in [1.29, 1.82) is 0 Å². The van der Waals surface area contributed by atoms with Crippen LogP contribution in [0.1, 0.15) is 62.1 Å². The van der Waals surface area contributed by atoms with Gasteiger partial charge >= 0.3 is 0 Å². The predicted octanol–water partition coefficient (Wildman–Crippen LogP) is 4.19. The van der Waals surface area contributed by atoms with Crippen molar-refractivity contribution in [2.45, 2.75) is 64.6 Å². The van der Waals surface area contributed by atoms with E-state index in [-0.39, 0.29) is 11.8 Å². The molecule has 1 fully saturated rings. The third-order valence-corrected chi connectivity index (χ3v) is 6.46. The molecular formula is C27H33N3O3. The second kappa shape index (κ2) is 10.3. The van der Waals surface area contributed by atoms with Crippen molar-refractivity contribution in [2.75, 3.05) is 5.32 Å². The van der Waals surface area contributed by atoms with E-state index in [4.69, 9.17) is 4.99 Å². The van der Waals surface area contributed by atoms with Crippen molar-refractivity contribution in [1.82, 2.24) is 5.32 Å². The van der Waals surface area contributed by atoms with Crippen molar-refractivity contribution >= 4 is 23.2 Å². The zero-order valence-corrected chi connectivity index (χ0v) is 19.4. The molecule has 1 aliphatic heterocycles. The Kier molecular flexibility index (Phi) is 7.23. The molecule has 2 amide bonds. The number of benzodiazepines with no additional fused rings is 1. The highest BCUT2D eigenvalue weighted by Crippen LogP contribution is 2.37. The minimum absolute atomic E-state index is 0.302. The average Bonchev–Trinajstić information content (AvgIpc) is 3.65. The summed E-state index contributed by atoms with van der Waals surface area (Å²) in [6, 6.07) is 15.5. The van der Waals surface area contributed by atoms with E-state index < -0.39 is 18.2 Å². The van der Waals surface area contributed by atoms with Gasteiger partial charge in [0.2, 0.25) is 12.1 Å². The van der Waals surface area contributed by atoms with Crippen LogP contribution < -0.4 is 10.6 Å². The van der Waals surface area contributed by atoms with E-state index in [9.17, 15) is 14.7 Å². The molecule has 174 valence electrons. The van der Waals surface area contributed by atoms with Gasteiger partial charge in [-0.05, 0) is 37.8 Å². The normalized spacial score (nSPS) is 19.5. The van der Waals surface area contributed by atoms with Crippen LogP contribution in [0.15, 0.2) is 53.5 Å². The highest BCUT2D eigenvalue weighted by molar-refractivity contribution is 6.20. The maximum atomic E-state index is 13.3. The first-order valence-corrected chi connectivity index (χ1v) is 12.0. The number of benzene rings is 2. The lowest BCUT2D eigenvalue weighted by Crippen LogP contribution is -2.47. The number of nitrogens with zero attached hydrogens (tertiary/aromatic N) is 1.